The second-order valence-electron chi connectivity index (χ2n) is 8.18. The molecule has 0 aliphatic carbocycles. The molecule has 34 heavy (non-hydrogen) atoms. The lowest BCUT2D eigenvalue weighted by Gasteiger charge is -2.10. The maximum absolute atomic E-state index is 13.2. The van der Waals surface area contributed by atoms with Crippen LogP contribution in [0.1, 0.15) is 38.4 Å². The molecule has 4 rings (SSSR count). The lowest BCUT2D eigenvalue weighted by atomic mass is 10.1. The average molecular weight is 478 g/mol. The zero-order valence-corrected chi connectivity index (χ0v) is 20.0. The molecule has 5 nitrogen and oxygen atoms in total. The largest absolute Gasteiger partial charge is 0.489 e. The van der Waals surface area contributed by atoms with Crippen LogP contribution < -0.4 is 10.1 Å². The molecule has 1 aromatic heterocycles. The van der Waals surface area contributed by atoms with Gasteiger partial charge in [0.05, 0.1) is 23.6 Å². The summed E-state index contributed by atoms with van der Waals surface area (Å²) in [5.41, 5.74) is 5.60. The summed E-state index contributed by atoms with van der Waals surface area (Å²) in [7, 11) is 0. The van der Waals surface area contributed by atoms with E-state index in [1.165, 1.54) is 12.1 Å². The first-order chi connectivity index (χ1) is 16.3. The standard InChI is InChI=1S/C27H25ClFN3O2/c1-17-14-24(12-13-25(17)28)34-16-21-4-8-22(9-5-21)27(33)30-26-18(2)31-32(19(26)3)15-20-6-10-23(29)11-7-20/h4-14H,15-16H2,1-3H3,(H,30,33). The van der Waals surface area contributed by atoms with Gasteiger partial charge in [-0.05, 0) is 79.9 Å². The van der Waals surface area contributed by atoms with Crippen molar-refractivity contribution in [3.8, 4) is 5.75 Å². The lowest BCUT2D eigenvalue weighted by Crippen LogP contribution is -2.13. The second-order valence-corrected chi connectivity index (χ2v) is 8.59. The van der Waals surface area contributed by atoms with Gasteiger partial charge < -0.3 is 10.1 Å². The minimum atomic E-state index is -0.275. The van der Waals surface area contributed by atoms with E-state index >= 15 is 0 Å². The van der Waals surface area contributed by atoms with Crippen molar-refractivity contribution >= 4 is 23.2 Å². The summed E-state index contributed by atoms with van der Waals surface area (Å²) in [6.07, 6.45) is 0. The summed E-state index contributed by atoms with van der Waals surface area (Å²) in [4.78, 5) is 12.9. The quantitative estimate of drug-likeness (QED) is 0.331. The van der Waals surface area contributed by atoms with Crippen molar-refractivity contribution in [2.45, 2.75) is 33.9 Å². The Labute approximate surface area is 203 Å². The van der Waals surface area contributed by atoms with Crippen molar-refractivity contribution in [3.05, 3.63) is 111 Å². The van der Waals surface area contributed by atoms with Crippen LogP contribution in [-0.2, 0) is 13.2 Å². The van der Waals surface area contributed by atoms with Crippen LogP contribution in [0, 0.1) is 26.6 Å². The summed E-state index contributed by atoms with van der Waals surface area (Å²) in [5, 5.41) is 8.21. The van der Waals surface area contributed by atoms with Gasteiger partial charge in [0, 0.05) is 10.6 Å². The molecule has 0 bridgehead atoms. The van der Waals surface area contributed by atoms with E-state index in [0.717, 1.165) is 33.8 Å². The van der Waals surface area contributed by atoms with Crippen LogP contribution in [-0.4, -0.2) is 15.7 Å². The molecule has 0 fully saturated rings. The molecule has 0 radical (unpaired) electrons. The predicted octanol–water partition coefficient (Wildman–Crippen LogP) is 6.48. The fourth-order valence-electron chi connectivity index (χ4n) is 3.61. The molecule has 7 heteroatoms. The predicted molar refractivity (Wildman–Crippen MR) is 132 cm³/mol. The van der Waals surface area contributed by atoms with Crippen LogP contribution in [0.5, 0.6) is 5.75 Å². The van der Waals surface area contributed by atoms with Crippen LogP contribution in [0.15, 0.2) is 66.7 Å². The van der Waals surface area contributed by atoms with Crippen LogP contribution in [0.3, 0.4) is 0 Å². The molecular weight excluding hydrogens is 453 g/mol. The first-order valence-electron chi connectivity index (χ1n) is 10.9. The highest BCUT2D eigenvalue weighted by molar-refractivity contribution is 6.31. The van der Waals surface area contributed by atoms with Gasteiger partial charge in [0.2, 0.25) is 0 Å². The van der Waals surface area contributed by atoms with Crippen LogP contribution in [0.25, 0.3) is 0 Å². The van der Waals surface area contributed by atoms with E-state index in [-0.39, 0.29) is 11.7 Å². The van der Waals surface area contributed by atoms with Crippen molar-refractivity contribution in [1.82, 2.24) is 9.78 Å². The second kappa shape index (κ2) is 10.1. The molecule has 0 atom stereocenters. The van der Waals surface area contributed by atoms with Crippen molar-refractivity contribution in [2.24, 2.45) is 0 Å². The topological polar surface area (TPSA) is 56.1 Å². The summed E-state index contributed by atoms with van der Waals surface area (Å²) >= 11 is 6.05. The van der Waals surface area contributed by atoms with E-state index in [1.54, 1.807) is 28.9 Å². The summed E-state index contributed by atoms with van der Waals surface area (Å²) < 4.78 is 20.8. The Kier molecular flexibility index (Phi) is 6.98. The smallest absolute Gasteiger partial charge is 0.255 e. The molecule has 0 aliphatic heterocycles. The molecule has 4 aromatic rings. The fraction of sp³-hybridized carbons (Fsp3) is 0.185. The Morgan fingerprint density at radius 3 is 2.35 bits per heavy atom. The zero-order valence-electron chi connectivity index (χ0n) is 19.2. The molecule has 0 saturated carbocycles. The number of ether oxygens (including phenoxy) is 1. The first-order valence-corrected chi connectivity index (χ1v) is 11.3. The lowest BCUT2D eigenvalue weighted by molar-refractivity contribution is 0.102. The number of aryl methyl sites for hydroxylation is 2. The molecule has 0 aliphatic rings. The molecule has 1 heterocycles. The van der Waals surface area contributed by atoms with E-state index in [4.69, 9.17) is 16.3 Å². The van der Waals surface area contributed by atoms with E-state index in [1.807, 2.05) is 51.1 Å². The van der Waals surface area contributed by atoms with Gasteiger partial charge in [0.25, 0.3) is 5.91 Å². The normalized spacial score (nSPS) is 10.9. The Bertz CT molecular complexity index is 1320. The van der Waals surface area contributed by atoms with Crippen LogP contribution >= 0.6 is 11.6 Å². The fourth-order valence-corrected chi connectivity index (χ4v) is 3.72. The number of amides is 1. The number of rotatable bonds is 7. The molecule has 3 aromatic carbocycles. The highest BCUT2D eigenvalue weighted by Crippen LogP contribution is 2.23. The van der Waals surface area contributed by atoms with E-state index in [9.17, 15) is 9.18 Å². The van der Waals surface area contributed by atoms with E-state index in [2.05, 4.69) is 10.4 Å². The number of nitrogens with one attached hydrogen (secondary N) is 1. The van der Waals surface area contributed by atoms with Gasteiger partial charge in [-0.25, -0.2) is 4.39 Å². The summed E-state index contributed by atoms with van der Waals surface area (Å²) in [6.45, 7) is 6.56. The molecule has 174 valence electrons. The first kappa shape index (κ1) is 23.5. The van der Waals surface area contributed by atoms with Crippen molar-refractivity contribution < 1.29 is 13.9 Å². The minimum absolute atomic E-state index is 0.215. The zero-order chi connectivity index (χ0) is 24.2. The highest BCUT2D eigenvalue weighted by Gasteiger charge is 2.16. The number of carbonyl (C=O) groups excluding carboxylic acids is 1. The van der Waals surface area contributed by atoms with Crippen LogP contribution in [0.2, 0.25) is 5.02 Å². The van der Waals surface area contributed by atoms with Crippen LogP contribution in [0.4, 0.5) is 10.1 Å². The third-order valence-corrected chi connectivity index (χ3v) is 6.04. The summed E-state index contributed by atoms with van der Waals surface area (Å²) in [6, 6.07) is 19.1. The Balaban J connectivity index is 1.40. The van der Waals surface area contributed by atoms with E-state index < -0.39 is 0 Å². The van der Waals surface area contributed by atoms with Gasteiger partial charge >= 0.3 is 0 Å². The molecule has 0 saturated heterocycles. The number of anilines is 1. The molecule has 0 unspecified atom stereocenters. The molecule has 1 amide bonds. The van der Waals surface area contributed by atoms with Gasteiger partial charge in [-0.2, -0.15) is 5.10 Å². The van der Waals surface area contributed by atoms with Crippen molar-refractivity contribution in [3.63, 3.8) is 0 Å². The number of aromatic nitrogens is 2. The SMILES string of the molecule is Cc1cc(OCc2ccc(C(=O)Nc3c(C)nn(Cc4ccc(F)cc4)c3C)cc2)ccc1Cl. The summed E-state index contributed by atoms with van der Waals surface area (Å²) in [5.74, 6) is 0.253. The number of benzene rings is 3. The van der Waals surface area contributed by atoms with E-state index in [0.29, 0.717) is 29.4 Å². The molecular formula is C27H25ClFN3O2. The number of nitrogens with zero attached hydrogens (tertiary/aromatic N) is 2. The van der Waals surface area contributed by atoms with Crippen molar-refractivity contribution in [1.29, 1.82) is 0 Å². The molecule has 0 spiro atoms. The maximum atomic E-state index is 13.2. The van der Waals surface area contributed by atoms with Gasteiger partial charge in [-0.1, -0.05) is 35.9 Å². The third kappa shape index (κ3) is 5.46. The van der Waals surface area contributed by atoms with Gasteiger partial charge in [-0.15, -0.1) is 0 Å². The average Bonchev–Trinajstić information content (AvgIpc) is 3.09. The van der Waals surface area contributed by atoms with Crippen molar-refractivity contribution in [2.75, 3.05) is 5.32 Å². The Hall–Kier alpha value is -3.64. The van der Waals surface area contributed by atoms with Gasteiger partial charge in [0.1, 0.15) is 18.2 Å². The maximum Gasteiger partial charge on any atom is 0.255 e. The monoisotopic (exact) mass is 477 g/mol. The number of halogens is 2. The number of hydrogen-bond donors (Lipinski definition) is 1. The molecule has 1 N–H and O–H groups in total. The Morgan fingerprint density at radius 1 is 1.00 bits per heavy atom. The number of hydrogen-bond acceptors (Lipinski definition) is 3. The Morgan fingerprint density at radius 2 is 1.68 bits per heavy atom. The highest BCUT2D eigenvalue weighted by atomic mass is 35.5. The third-order valence-electron chi connectivity index (χ3n) is 5.62. The number of carbonyl (C=O) groups is 1. The van der Waals surface area contributed by atoms with Gasteiger partial charge in [0.15, 0.2) is 0 Å². The van der Waals surface area contributed by atoms with Gasteiger partial charge in [-0.3, -0.25) is 9.48 Å². The minimum Gasteiger partial charge on any atom is -0.489 e.